The molecule has 1 aromatic heterocycles. The Labute approximate surface area is 110 Å². The summed E-state index contributed by atoms with van der Waals surface area (Å²) in [6.45, 7) is 1.05. The third-order valence-electron chi connectivity index (χ3n) is 6.03. The Morgan fingerprint density at radius 2 is 2.11 bits per heavy atom. The first kappa shape index (κ1) is 11.1. The van der Waals surface area contributed by atoms with Crippen LogP contribution in [0, 0.1) is 23.7 Å². The first-order valence-corrected chi connectivity index (χ1v) is 7.66. The fourth-order valence-corrected chi connectivity index (χ4v) is 5.22. The quantitative estimate of drug-likeness (QED) is 0.865. The average Bonchev–Trinajstić information content (AvgIpc) is 3.08. The van der Waals surface area contributed by atoms with Crippen LogP contribution < -0.4 is 5.32 Å². The summed E-state index contributed by atoms with van der Waals surface area (Å²) in [6.07, 6.45) is 9.69. The van der Waals surface area contributed by atoms with Gasteiger partial charge >= 0.3 is 0 Å². The highest BCUT2D eigenvalue weighted by atomic mass is 15.0. The van der Waals surface area contributed by atoms with Crippen molar-refractivity contribution in [1.29, 1.82) is 0 Å². The predicted molar refractivity (Wildman–Crippen MR) is 73.1 cm³/mol. The maximum Gasteiger partial charge on any atom is 0.0361 e. The summed E-state index contributed by atoms with van der Waals surface area (Å²) in [5.41, 5.74) is 1.42. The molecule has 0 aliphatic heterocycles. The molecule has 3 aliphatic rings. The van der Waals surface area contributed by atoms with Crippen molar-refractivity contribution in [2.45, 2.75) is 44.7 Å². The standard InChI is InChI=1S/C16H24N2/c1-18-7-3-4-12(18)10-17-16-9-11-8-15(16)14-6-2-5-13(11)14/h3-4,7,11,13-17H,2,5-6,8-10H2,1H3. The molecule has 5 unspecified atom stereocenters. The molecule has 0 saturated heterocycles. The van der Waals surface area contributed by atoms with E-state index >= 15 is 0 Å². The van der Waals surface area contributed by atoms with Gasteiger partial charge in [-0.2, -0.15) is 0 Å². The van der Waals surface area contributed by atoms with Gasteiger partial charge in [-0.3, -0.25) is 0 Å². The molecule has 2 bridgehead atoms. The molecule has 3 fully saturated rings. The Morgan fingerprint density at radius 1 is 1.22 bits per heavy atom. The van der Waals surface area contributed by atoms with E-state index in [4.69, 9.17) is 0 Å². The molecule has 5 atom stereocenters. The summed E-state index contributed by atoms with van der Waals surface area (Å²) in [6, 6.07) is 5.19. The zero-order chi connectivity index (χ0) is 12.1. The largest absolute Gasteiger partial charge is 0.353 e. The molecule has 1 N–H and O–H groups in total. The highest BCUT2D eigenvalue weighted by molar-refractivity contribution is 5.09. The second-order valence-corrected chi connectivity index (χ2v) is 6.75. The zero-order valence-corrected chi connectivity index (χ0v) is 11.3. The molecule has 1 aromatic rings. The lowest BCUT2D eigenvalue weighted by atomic mass is 9.79. The van der Waals surface area contributed by atoms with Crippen molar-refractivity contribution in [2.75, 3.05) is 0 Å². The molecule has 0 spiro atoms. The minimum Gasteiger partial charge on any atom is -0.353 e. The fraction of sp³-hybridized carbons (Fsp3) is 0.750. The topological polar surface area (TPSA) is 17.0 Å². The van der Waals surface area contributed by atoms with Crippen LogP contribution >= 0.6 is 0 Å². The molecule has 18 heavy (non-hydrogen) atoms. The van der Waals surface area contributed by atoms with E-state index < -0.39 is 0 Å². The van der Waals surface area contributed by atoms with Crippen LogP contribution in [0.5, 0.6) is 0 Å². The van der Waals surface area contributed by atoms with Crippen LogP contribution in [0.25, 0.3) is 0 Å². The van der Waals surface area contributed by atoms with Crippen LogP contribution in [-0.2, 0) is 13.6 Å². The van der Waals surface area contributed by atoms with Crippen LogP contribution in [0.4, 0.5) is 0 Å². The number of nitrogens with zero attached hydrogens (tertiary/aromatic N) is 1. The summed E-state index contributed by atoms with van der Waals surface area (Å²) in [7, 11) is 2.14. The van der Waals surface area contributed by atoms with Gasteiger partial charge in [0.2, 0.25) is 0 Å². The van der Waals surface area contributed by atoms with Crippen LogP contribution in [0.3, 0.4) is 0 Å². The molecule has 0 aromatic carbocycles. The maximum atomic E-state index is 3.85. The predicted octanol–water partition coefficient (Wildman–Crippen LogP) is 2.94. The van der Waals surface area contributed by atoms with E-state index in [-0.39, 0.29) is 0 Å². The Bertz CT molecular complexity index is 436. The summed E-state index contributed by atoms with van der Waals surface area (Å²) in [5.74, 6) is 4.26. The molecule has 0 amide bonds. The van der Waals surface area contributed by atoms with Crippen molar-refractivity contribution in [3.05, 3.63) is 24.0 Å². The molecule has 2 nitrogen and oxygen atoms in total. The van der Waals surface area contributed by atoms with Gasteiger partial charge in [0.05, 0.1) is 0 Å². The second-order valence-electron chi connectivity index (χ2n) is 6.75. The maximum absolute atomic E-state index is 3.85. The van der Waals surface area contributed by atoms with Gasteiger partial charge in [0.25, 0.3) is 0 Å². The zero-order valence-electron chi connectivity index (χ0n) is 11.3. The van der Waals surface area contributed by atoms with E-state index in [1.54, 1.807) is 0 Å². The fourth-order valence-electron chi connectivity index (χ4n) is 5.22. The molecule has 4 rings (SSSR count). The average molecular weight is 244 g/mol. The number of rotatable bonds is 3. The minimum absolute atomic E-state index is 0.809. The Morgan fingerprint density at radius 3 is 2.94 bits per heavy atom. The van der Waals surface area contributed by atoms with E-state index in [9.17, 15) is 0 Å². The van der Waals surface area contributed by atoms with Crippen LogP contribution in [0.1, 0.15) is 37.8 Å². The molecule has 1 heterocycles. The minimum atomic E-state index is 0.809. The van der Waals surface area contributed by atoms with Gasteiger partial charge < -0.3 is 9.88 Å². The van der Waals surface area contributed by atoms with Crippen molar-refractivity contribution >= 4 is 0 Å². The number of nitrogens with one attached hydrogen (secondary N) is 1. The van der Waals surface area contributed by atoms with Gasteiger partial charge in [-0.15, -0.1) is 0 Å². The lowest BCUT2D eigenvalue weighted by molar-refractivity contribution is 0.207. The second kappa shape index (κ2) is 4.12. The first-order valence-electron chi connectivity index (χ1n) is 7.66. The first-order chi connectivity index (χ1) is 8.83. The van der Waals surface area contributed by atoms with Gasteiger partial charge in [0.1, 0.15) is 0 Å². The summed E-state index contributed by atoms with van der Waals surface area (Å²) < 4.78 is 2.23. The van der Waals surface area contributed by atoms with Crippen molar-refractivity contribution in [3.8, 4) is 0 Å². The van der Waals surface area contributed by atoms with Crippen LogP contribution in [0.2, 0.25) is 0 Å². The number of aromatic nitrogens is 1. The summed E-state index contributed by atoms with van der Waals surface area (Å²) in [4.78, 5) is 0. The Balaban J connectivity index is 1.41. The molecule has 3 saturated carbocycles. The van der Waals surface area contributed by atoms with Gasteiger partial charge in [-0.1, -0.05) is 6.42 Å². The molecular formula is C16H24N2. The molecule has 3 aliphatic carbocycles. The van der Waals surface area contributed by atoms with Gasteiger partial charge in [0, 0.05) is 31.5 Å². The number of fused-ring (bicyclic) bond motifs is 5. The van der Waals surface area contributed by atoms with E-state index in [2.05, 4.69) is 35.3 Å². The van der Waals surface area contributed by atoms with E-state index in [0.29, 0.717) is 0 Å². The molecular weight excluding hydrogens is 220 g/mol. The van der Waals surface area contributed by atoms with E-state index in [0.717, 1.165) is 36.3 Å². The molecule has 2 heteroatoms. The third kappa shape index (κ3) is 1.58. The van der Waals surface area contributed by atoms with Crippen LogP contribution in [0.15, 0.2) is 18.3 Å². The Hall–Kier alpha value is -0.760. The van der Waals surface area contributed by atoms with E-state index in [1.807, 2.05) is 0 Å². The van der Waals surface area contributed by atoms with Gasteiger partial charge in [0.15, 0.2) is 0 Å². The monoisotopic (exact) mass is 244 g/mol. The lowest BCUT2D eigenvalue weighted by Gasteiger charge is -2.32. The number of aryl methyl sites for hydroxylation is 1. The normalized spacial score (nSPS) is 41.5. The lowest BCUT2D eigenvalue weighted by Crippen LogP contribution is -2.39. The van der Waals surface area contributed by atoms with Gasteiger partial charge in [-0.05, 0) is 61.5 Å². The van der Waals surface area contributed by atoms with Gasteiger partial charge in [-0.25, -0.2) is 0 Å². The van der Waals surface area contributed by atoms with E-state index in [1.165, 1.54) is 37.8 Å². The van der Waals surface area contributed by atoms with Crippen molar-refractivity contribution in [2.24, 2.45) is 30.7 Å². The highest BCUT2D eigenvalue weighted by Gasteiger charge is 2.53. The van der Waals surface area contributed by atoms with Crippen molar-refractivity contribution in [1.82, 2.24) is 9.88 Å². The van der Waals surface area contributed by atoms with Crippen molar-refractivity contribution in [3.63, 3.8) is 0 Å². The molecule has 98 valence electrons. The van der Waals surface area contributed by atoms with Crippen LogP contribution in [-0.4, -0.2) is 10.6 Å². The third-order valence-corrected chi connectivity index (χ3v) is 6.03. The van der Waals surface area contributed by atoms with Crippen molar-refractivity contribution < 1.29 is 0 Å². The number of hydrogen-bond acceptors (Lipinski definition) is 1. The summed E-state index contributed by atoms with van der Waals surface area (Å²) >= 11 is 0. The summed E-state index contributed by atoms with van der Waals surface area (Å²) in [5, 5.41) is 3.85. The smallest absolute Gasteiger partial charge is 0.0361 e. The highest BCUT2D eigenvalue weighted by Crippen LogP contribution is 2.58. The SMILES string of the molecule is Cn1cccc1CNC1CC2CC1C1CCCC21. The molecule has 0 radical (unpaired) electrons. The number of hydrogen-bond donors (Lipinski definition) is 1. The Kier molecular flexibility index (Phi) is 2.54.